The van der Waals surface area contributed by atoms with Crippen molar-refractivity contribution in [1.29, 1.82) is 0 Å². The number of hydrogen-bond acceptors (Lipinski definition) is 0. The van der Waals surface area contributed by atoms with E-state index < -0.39 is 0 Å². The van der Waals surface area contributed by atoms with E-state index in [2.05, 4.69) is 49.4 Å². The molecule has 0 fully saturated rings. The van der Waals surface area contributed by atoms with Crippen molar-refractivity contribution in [3.05, 3.63) is 48.0 Å². The number of aryl methyl sites for hydroxylation is 1. The summed E-state index contributed by atoms with van der Waals surface area (Å²) >= 11 is 0. The smallest absolute Gasteiger partial charge is 0 e. The Morgan fingerprint density at radius 1 is 0.833 bits per heavy atom. The second-order valence-corrected chi connectivity index (χ2v) is 2.80. The number of rotatable bonds is 0. The first-order valence-corrected chi connectivity index (χ1v) is 3.82. The van der Waals surface area contributed by atoms with Gasteiger partial charge in [0.25, 0.3) is 0 Å². The van der Waals surface area contributed by atoms with E-state index in [0.29, 0.717) is 0 Å². The zero-order valence-corrected chi connectivity index (χ0v) is 8.00. The quantitative estimate of drug-likeness (QED) is 0.570. The molecule has 0 aliphatic rings. The molecular formula is C11H10Fe. The van der Waals surface area contributed by atoms with Crippen molar-refractivity contribution in [1.82, 2.24) is 0 Å². The summed E-state index contributed by atoms with van der Waals surface area (Å²) in [5.74, 6) is 0. The molecule has 0 nitrogen and oxygen atoms in total. The van der Waals surface area contributed by atoms with Crippen molar-refractivity contribution in [3.63, 3.8) is 0 Å². The molecule has 62 valence electrons. The van der Waals surface area contributed by atoms with Gasteiger partial charge in [0.1, 0.15) is 0 Å². The maximum atomic E-state index is 2.16. The first-order chi connectivity index (χ1) is 5.38. The molecule has 0 atom stereocenters. The van der Waals surface area contributed by atoms with Gasteiger partial charge in [-0.05, 0) is 23.3 Å². The first kappa shape index (κ1) is 9.31. The van der Waals surface area contributed by atoms with E-state index in [1.54, 1.807) is 0 Å². The third-order valence-electron chi connectivity index (χ3n) is 2.01. The SMILES string of the molecule is Cc1cccc2ccccc12.[Fe]. The Labute approximate surface area is 83.1 Å². The standard InChI is InChI=1S/C11H10.Fe/c1-9-5-4-7-10-6-2-3-8-11(9)10;/h2-8H,1H3;. The average molecular weight is 198 g/mol. The van der Waals surface area contributed by atoms with E-state index in [9.17, 15) is 0 Å². The van der Waals surface area contributed by atoms with Crippen molar-refractivity contribution in [3.8, 4) is 0 Å². The molecular weight excluding hydrogens is 188 g/mol. The van der Waals surface area contributed by atoms with Crippen LogP contribution in [0.25, 0.3) is 10.8 Å². The van der Waals surface area contributed by atoms with Gasteiger partial charge < -0.3 is 0 Å². The monoisotopic (exact) mass is 198 g/mol. The minimum atomic E-state index is 0. The molecule has 2 aromatic rings. The number of fused-ring (bicyclic) bond motifs is 1. The average Bonchev–Trinajstić information content (AvgIpc) is 2.06. The molecule has 0 aromatic heterocycles. The maximum absolute atomic E-state index is 2.16. The van der Waals surface area contributed by atoms with Gasteiger partial charge in [0, 0.05) is 17.1 Å². The predicted molar refractivity (Wildman–Crippen MR) is 48.7 cm³/mol. The van der Waals surface area contributed by atoms with Crippen LogP contribution in [0.4, 0.5) is 0 Å². The van der Waals surface area contributed by atoms with E-state index in [-0.39, 0.29) is 17.1 Å². The zero-order valence-electron chi connectivity index (χ0n) is 6.90. The predicted octanol–water partition coefficient (Wildman–Crippen LogP) is 3.15. The Hall–Kier alpha value is -0.781. The third-order valence-corrected chi connectivity index (χ3v) is 2.01. The summed E-state index contributed by atoms with van der Waals surface area (Å²) in [7, 11) is 0. The summed E-state index contributed by atoms with van der Waals surface area (Å²) < 4.78 is 0. The topological polar surface area (TPSA) is 0 Å². The first-order valence-electron chi connectivity index (χ1n) is 3.82. The summed E-state index contributed by atoms with van der Waals surface area (Å²) in [6.07, 6.45) is 0. The molecule has 0 radical (unpaired) electrons. The summed E-state index contributed by atoms with van der Waals surface area (Å²) in [6.45, 7) is 2.14. The van der Waals surface area contributed by atoms with Crippen molar-refractivity contribution in [2.24, 2.45) is 0 Å². The van der Waals surface area contributed by atoms with Crippen LogP contribution in [0.5, 0.6) is 0 Å². The fraction of sp³-hybridized carbons (Fsp3) is 0.0909. The van der Waals surface area contributed by atoms with Gasteiger partial charge in [0.05, 0.1) is 0 Å². The van der Waals surface area contributed by atoms with Crippen LogP contribution in [0.2, 0.25) is 0 Å². The molecule has 0 saturated carbocycles. The molecule has 0 amide bonds. The van der Waals surface area contributed by atoms with Gasteiger partial charge >= 0.3 is 0 Å². The molecule has 0 unspecified atom stereocenters. The molecule has 0 N–H and O–H groups in total. The van der Waals surface area contributed by atoms with E-state index in [1.807, 2.05) is 0 Å². The van der Waals surface area contributed by atoms with Crippen LogP contribution in [0.1, 0.15) is 5.56 Å². The van der Waals surface area contributed by atoms with Gasteiger partial charge in [-0.1, -0.05) is 42.5 Å². The summed E-state index contributed by atoms with van der Waals surface area (Å²) in [6, 6.07) is 14.8. The van der Waals surface area contributed by atoms with Gasteiger partial charge in [0.2, 0.25) is 0 Å². The summed E-state index contributed by atoms with van der Waals surface area (Å²) in [4.78, 5) is 0. The third kappa shape index (κ3) is 1.52. The Morgan fingerprint density at radius 3 is 2.25 bits per heavy atom. The van der Waals surface area contributed by atoms with Gasteiger partial charge in [-0.25, -0.2) is 0 Å². The fourth-order valence-corrected chi connectivity index (χ4v) is 1.39. The van der Waals surface area contributed by atoms with Crippen molar-refractivity contribution in [2.45, 2.75) is 6.92 Å². The normalized spacial score (nSPS) is 9.42. The van der Waals surface area contributed by atoms with Crippen LogP contribution < -0.4 is 0 Å². The van der Waals surface area contributed by atoms with Crippen LogP contribution in [0, 0.1) is 6.92 Å². The van der Waals surface area contributed by atoms with Gasteiger partial charge in [0.15, 0.2) is 0 Å². The van der Waals surface area contributed by atoms with Crippen LogP contribution in [0.15, 0.2) is 42.5 Å². The van der Waals surface area contributed by atoms with Crippen LogP contribution in [-0.2, 0) is 17.1 Å². The Balaban J connectivity index is 0.000000720. The molecule has 0 heterocycles. The summed E-state index contributed by atoms with van der Waals surface area (Å²) in [5.41, 5.74) is 1.35. The fourth-order valence-electron chi connectivity index (χ4n) is 1.39. The molecule has 0 bridgehead atoms. The molecule has 0 saturated heterocycles. The molecule has 0 spiro atoms. The maximum Gasteiger partial charge on any atom is 0 e. The van der Waals surface area contributed by atoms with Gasteiger partial charge in [-0.3, -0.25) is 0 Å². The Kier molecular flexibility index (Phi) is 2.91. The minimum absolute atomic E-state index is 0. The minimum Gasteiger partial charge on any atom is -0.0616 e. The van der Waals surface area contributed by atoms with E-state index in [1.165, 1.54) is 16.3 Å². The second-order valence-electron chi connectivity index (χ2n) is 2.80. The van der Waals surface area contributed by atoms with Crippen molar-refractivity contribution < 1.29 is 17.1 Å². The zero-order chi connectivity index (χ0) is 7.68. The largest absolute Gasteiger partial charge is 0.0616 e. The van der Waals surface area contributed by atoms with Gasteiger partial charge in [-0.2, -0.15) is 0 Å². The van der Waals surface area contributed by atoms with Crippen molar-refractivity contribution in [2.75, 3.05) is 0 Å². The molecule has 12 heavy (non-hydrogen) atoms. The van der Waals surface area contributed by atoms with Crippen LogP contribution >= 0.6 is 0 Å². The van der Waals surface area contributed by atoms with E-state index >= 15 is 0 Å². The molecule has 0 aliphatic carbocycles. The van der Waals surface area contributed by atoms with Gasteiger partial charge in [-0.15, -0.1) is 0 Å². The molecule has 0 aliphatic heterocycles. The van der Waals surface area contributed by atoms with E-state index in [0.717, 1.165) is 0 Å². The molecule has 2 rings (SSSR count). The Bertz CT molecular complexity index is 374. The summed E-state index contributed by atoms with van der Waals surface area (Å²) in [5, 5.41) is 2.68. The Morgan fingerprint density at radius 2 is 1.50 bits per heavy atom. The van der Waals surface area contributed by atoms with E-state index in [4.69, 9.17) is 0 Å². The van der Waals surface area contributed by atoms with Crippen LogP contribution in [0.3, 0.4) is 0 Å². The molecule has 1 heteroatoms. The van der Waals surface area contributed by atoms with Crippen LogP contribution in [-0.4, -0.2) is 0 Å². The van der Waals surface area contributed by atoms with Crippen molar-refractivity contribution >= 4 is 10.8 Å². The second kappa shape index (κ2) is 3.75. The number of benzene rings is 2. The number of hydrogen-bond donors (Lipinski definition) is 0. The molecule has 2 aromatic carbocycles.